The van der Waals surface area contributed by atoms with Gasteiger partial charge in [-0.15, -0.1) is 0 Å². The zero-order valence-corrected chi connectivity index (χ0v) is 14.8. The van der Waals surface area contributed by atoms with E-state index in [0.29, 0.717) is 0 Å². The molecule has 0 aromatic heterocycles. The monoisotopic (exact) mass is 402 g/mol. The van der Waals surface area contributed by atoms with Crippen molar-refractivity contribution in [2.75, 3.05) is 11.0 Å². The molecule has 3 N–H and O–H groups in total. The number of anilines is 1. The number of primary sulfonamides is 1. The van der Waals surface area contributed by atoms with Crippen LogP contribution in [0.15, 0.2) is 34.3 Å². The third-order valence-corrected chi connectivity index (χ3v) is 5.52. The minimum Gasteiger partial charge on any atom is -0.460 e. The molecule has 0 fully saturated rings. The maximum atomic E-state index is 13.2. The van der Waals surface area contributed by atoms with Crippen LogP contribution in [0.2, 0.25) is 0 Å². The van der Waals surface area contributed by atoms with Crippen LogP contribution in [0.4, 0.5) is 10.1 Å². The van der Waals surface area contributed by atoms with Gasteiger partial charge in [0.15, 0.2) is 0 Å². The van der Waals surface area contributed by atoms with Crippen LogP contribution in [0.3, 0.4) is 0 Å². The van der Waals surface area contributed by atoms with Crippen LogP contribution >= 0.6 is 23.4 Å². The average molecular weight is 403 g/mol. The molecule has 1 aromatic rings. The zero-order valence-electron chi connectivity index (χ0n) is 11.6. The number of hydrogen-bond acceptors (Lipinski definition) is 6. The maximum absolute atomic E-state index is 13.2. The molecule has 7 nitrogen and oxygen atoms in total. The third kappa shape index (κ3) is 4.98. The smallest absolute Gasteiger partial charge is 0.240 e. The Morgan fingerprint density at radius 3 is 2.52 bits per heavy atom. The van der Waals surface area contributed by atoms with E-state index in [0.717, 1.165) is 35.6 Å². The van der Waals surface area contributed by atoms with Crippen molar-refractivity contribution in [3.63, 3.8) is 0 Å². The Morgan fingerprint density at radius 2 is 2.04 bits per heavy atom. The second kappa shape index (κ2) is 6.13. The van der Waals surface area contributed by atoms with Crippen LogP contribution in [0, 0.1) is 0 Å². The van der Waals surface area contributed by atoms with Crippen molar-refractivity contribution in [3.05, 3.63) is 29.4 Å². The number of halogens is 2. The van der Waals surface area contributed by atoms with Crippen molar-refractivity contribution in [2.45, 2.75) is 15.7 Å². The minimum absolute atomic E-state index is 0.0483. The van der Waals surface area contributed by atoms with Crippen LogP contribution in [0.5, 0.6) is 5.75 Å². The second-order valence-corrected chi connectivity index (χ2v) is 9.97. The van der Waals surface area contributed by atoms with Gasteiger partial charge in [-0.05, 0) is 12.1 Å². The number of thioether (sulfide) groups is 1. The summed E-state index contributed by atoms with van der Waals surface area (Å²) in [7, 11) is -7.70. The normalized spacial score (nSPS) is 21.8. The number of benzene rings is 1. The van der Waals surface area contributed by atoms with Crippen molar-refractivity contribution in [2.24, 2.45) is 5.14 Å². The minimum atomic E-state index is -4.04. The average Bonchev–Trinajstić information content (AvgIpc) is 2.68. The number of alkyl halides is 1. The van der Waals surface area contributed by atoms with Gasteiger partial charge in [-0.2, -0.15) is 0 Å². The van der Waals surface area contributed by atoms with Crippen LogP contribution in [-0.4, -0.2) is 27.5 Å². The number of nitrogens with one attached hydrogen (secondary N) is 1. The van der Waals surface area contributed by atoms with Crippen molar-refractivity contribution < 1.29 is 26.0 Å². The second-order valence-electron chi connectivity index (χ2n) is 4.70. The molecule has 0 aliphatic carbocycles. The largest absolute Gasteiger partial charge is 0.460 e. The molecule has 2 rings (SSSR count). The molecule has 0 amide bonds. The molecule has 1 unspecified atom stereocenters. The summed E-state index contributed by atoms with van der Waals surface area (Å²) in [5.74, 6) is -0.697. The molecule has 1 aliphatic rings. The fourth-order valence-electron chi connectivity index (χ4n) is 1.71. The molecule has 0 saturated carbocycles. The van der Waals surface area contributed by atoms with E-state index in [4.69, 9.17) is 21.5 Å². The Balaban J connectivity index is 2.44. The van der Waals surface area contributed by atoms with E-state index in [1.807, 2.05) is 0 Å². The lowest BCUT2D eigenvalue weighted by atomic mass is 10.3. The number of hydrogen-bond donors (Lipinski definition) is 2. The van der Waals surface area contributed by atoms with E-state index in [1.54, 1.807) is 0 Å². The molecule has 23 heavy (non-hydrogen) atoms. The summed E-state index contributed by atoms with van der Waals surface area (Å²) >= 11 is 6.94. The first-order valence-electron chi connectivity index (χ1n) is 5.93. The van der Waals surface area contributed by atoms with Gasteiger partial charge in [-0.1, -0.05) is 23.4 Å². The first-order valence-corrected chi connectivity index (χ1v) is 10.6. The van der Waals surface area contributed by atoms with Gasteiger partial charge in [0.05, 0.1) is 23.3 Å². The Bertz CT molecular complexity index is 872. The van der Waals surface area contributed by atoms with E-state index in [2.05, 4.69) is 4.72 Å². The lowest BCUT2D eigenvalue weighted by molar-refractivity contribution is 0.245. The van der Waals surface area contributed by atoms with Crippen LogP contribution < -0.4 is 14.6 Å². The van der Waals surface area contributed by atoms with Gasteiger partial charge in [0, 0.05) is 11.5 Å². The lowest BCUT2D eigenvalue weighted by Gasteiger charge is -2.24. The van der Waals surface area contributed by atoms with Gasteiger partial charge in [0.2, 0.25) is 24.4 Å². The molecule has 0 saturated heterocycles. The van der Waals surface area contributed by atoms with E-state index in [9.17, 15) is 21.2 Å². The van der Waals surface area contributed by atoms with Crippen molar-refractivity contribution in [3.8, 4) is 5.75 Å². The van der Waals surface area contributed by atoms with E-state index >= 15 is 0 Å². The highest BCUT2D eigenvalue weighted by Crippen LogP contribution is 2.47. The highest BCUT2D eigenvalue weighted by atomic mass is 35.5. The molecule has 1 heterocycles. The fourth-order valence-corrected chi connectivity index (χ4v) is 3.90. The number of ether oxygens (including phenoxy) is 1. The summed E-state index contributed by atoms with van der Waals surface area (Å²) in [4.78, 5) is -0.303. The molecule has 0 bridgehead atoms. The van der Waals surface area contributed by atoms with Crippen LogP contribution in [-0.2, 0) is 20.0 Å². The first kappa shape index (κ1) is 18.3. The van der Waals surface area contributed by atoms with Gasteiger partial charge >= 0.3 is 0 Å². The Labute approximate surface area is 142 Å². The summed E-state index contributed by atoms with van der Waals surface area (Å²) in [5.41, 5.74) is -0.0483. The third-order valence-electron chi connectivity index (χ3n) is 2.58. The fraction of sp³-hybridized carbons (Fsp3) is 0.273. The van der Waals surface area contributed by atoms with E-state index < -0.39 is 30.3 Å². The standard InChI is InChI=1S/C11H12ClFN2O5S3/c1-22(16,17)15-9-3-2-8(23(14,18)19)4-10(9)20-11(12)5-7(13)6-21-11/h2-4,6,15H,5H2,1H3,(H2,14,18,19). The van der Waals surface area contributed by atoms with Crippen molar-refractivity contribution in [1.82, 2.24) is 0 Å². The summed E-state index contributed by atoms with van der Waals surface area (Å²) in [6.45, 7) is 0. The van der Waals surface area contributed by atoms with Gasteiger partial charge in [0.1, 0.15) is 11.6 Å². The summed E-state index contributed by atoms with van der Waals surface area (Å²) in [6.07, 6.45) is 0.642. The number of rotatable bonds is 5. The Morgan fingerprint density at radius 1 is 1.39 bits per heavy atom. The number of nitrogens with two attached hydrogens (primary N) is 1. The quantitative estimate of drug-likeness (QED) is 0.727. The summed E-state index contributed by atoms with van der Waals surface area (Å²) in [6, 6.07) is 3.29. The Kier molecular flexibility index (Phi) is 4.89. The molecule has 1 atom stereocenters. The predicted octanol–water partition coefficient (Wildman–Crippen LogP) is 1.92. The van der Waals surface area contributed by atoms with Gasteiger partial charge in [0.25, 0.3) is 0 Å². The molecule has 0 spiro atoms. The molecular formula is C11H12ClFN2O5S3. The molecule has 1 aromatic carbocycles. The SMILES string of the molecule is CS(=O)(=O)Nc1ccc(S(N)(=O)=O)cc1OC1(Cl)CC(F)=CS1. The Hall–Kier alpha value is -1.01. The lowest BCUT2D eigenvalue weighted by Crippen LogP contribution is -2.23. The van der Waals surface area contributed by atoms with Gasteiger partial charge in [-0.3, -0.25) is 4.72 Å². The van der Waals surface area contributed by atoms with E-state index in [-0.39, 0.29) is 22.8 Å². The highest BCUT2D eigenvalue weighted by Gasteiger charge is 2.37. The molecular weight excluding hydrogens is 391 g/mol. The predicted molar refractivity (Wildman–Crippen MR) is 86.9 cm³/mol. The van der Waals surface area contributed by atoms with E-state index in [1.165, 1.54) is 6.07 Å². The van der Waals surface area contributed by atoms with Crippen molar-refractivity contribution in [1.29, 1.82) is 0 Å². The van der Waals surface area contributed by atoms with Gasteiger partial charge in [-0.25, -0.2) is 26.4 Å². The molecule has 1 aliphatic heterocycles. The molecule has 12 heteroatoms. The summed E-state index contributed by atoms with van der Waals surface area (Å²) in [5, 5.41) is 6.19. The molecule has 0 radical (unpaired) electrons. The van der Waals surface area contributed by atoms with Crippen molar-refractivity contribution >= 4 is 49.1 Å². The number of sulfonamides is 2. The zero-order chi connectivity index (χ0) is 17.5. The van der Waals surface area contributed by atoms with Gasteiger partial charge < -0.3 is 4.74 Å². The summed E-state index contributed by atoms with van der Waals surface area (Å²) < 4.78 is 64.9. The molecule has 128 valence electrons. The maximum Gasteiger partial charge on any atom is 0.240 e. The van der Waals surface area contributed by atoms with Crippen LogP contribution in [0.1, 0.15) is 6.42 Å². The first-order chi connectivity index (χ1) is 10.4. The van der Waals surface area contributed by atoms with Crippen LogP contribution in [0.25, 0.3) is 0 Å². The topological polar surface area (TPSA) is 116 Å². The highest BCUT2D eigenvalue weighted by molar-refractivity contribution is 8.04.